The second-order valence-corrected chi connectivity index (χ2v) is 10.4. The van der Waals surface area contributed by atoms with Crippen LogP contribution in [0.5, 0.6) is 0 Å². The number of benzene rings is 2. The SMILES string of the molecule is CC(C)(C)CC(NC(=O)Nc1ccc(CC(=O)N2CCSCC2)cc1)c1ccccc1. The summed E-state index contributed by atoms with van der Waals surface area (Å²) >= 11 is 1.90. The van der Waals surface area contributed by atoms with E-state index in [2.05, 4.69) is 31.4 Å². The van der Waals surface area contributed by atoms with E-state index in [1.165, 1.54) is 0 Å². The third-order valence-corrected chi connectivity index (χ3v) is 6.20. The van der Waals surface area contributed by atoms with E-state index in [0.717, 1.165) is 42.1 Å². The van der Waals surface area contributed by atoms with Gasteiger partial charge in [0.25, 0.3) is 0 Å². The van der Waals surface area contributed by atoms with Crippen molar-refractivity contribution in [3.05, 3.63) is 65.7 Å². The molecule has 0 saturated carbocycles. The molecule has 1 saturated heterocycles. The Morgan fingerprint density at radius 1 is 1.00 bits per heavy atom. The second kappa shape index (κ2) is 10.7. The van der Waals surface area contributed by atoms with E-state index in [4.69, 9.17) is 0 Å². The third-order valence-electron chi connectivity index (χ3n) is 5.25. The summed E-state index contributed by atoms with van der Waals surface area (Å²) in [6.07, 6.45) is 1.24. The number of amides is 3. The van der Waals surface area contributed by atoms with Crippen LogP contribution in [-0.4, -0.2) is 41.4 Å². The zero-order valence-corrected chi connectivity index (χ0v) is 19.5. The molecule has 2 aromatic carbocycles. The van der Waals surface area contributed by atoms with Gasteiger partial charge in [0.2, 0.25) is 5.91 Å². The maximum Gasteiger partial charge on any atom is 0.319 e. The minimum absolute atomic E-state index is 0.0687. The number of nitrogens with one attached hydrogen (secondary N) is 2. The lowest BCUT2D eigenvalue weighted by molar-refractivity contribution is -0.130. The zero-order chi connectivity index (χ0) is 22.3. The lowest BCUT2D eigenvalue weighted by atomic mass is 9.85. The van der Waals surface area contributed by atoms with Gasteiger partial charge in [0.05, 0.1) is 12.5 Å². The van der Waals surface area contributed by atoms with Gasteiger partial charge in [-0.1, -0.05) is 63.2 Å². The molecule has 31 heavy (non-hydrogen) atoms. The van der Waals surface area contributed by atoms with E-state index in [-0.39, 0.29) is 23.4 Å². The summed E-state index contributed by atoms with van der Waals surface area (Å²) in [7, 11) is 0. The number of rotatable bonds is 6. The number of nitrogens with zero attached hydrogens (tertiary/aromatic N) is 1. The molecule has 5 nitrogen and oxygen atoms in total. The van der Waals surface area contributed by atoms with Crippen molar-refractivity contribution in [1.82, 2.24) is 10.2 Å². The van der Waals surface area contributed by atoms with Crippen molar-refractivity contribution < 1.29 is 9.59 Å². The second-order valence-electron chi connectivity index (χ2n) is 9.19. The van der Waals surface area contributed by atoms with Gasteiger partial charge >= 0.3 is 6.03 Å². The number of hydrogen-bond acceptors (Lipinski definition) is 3. The number of hydrogen-bond donors (Lipinski definition) is 2. The molecule has 1 heterocycles. The fourth-order valence-electron chi connectivity index (χ4n) is 3.68. The largest absolute Gasteiger partial charge is 0.341 e. The number of thioether (sulfide) groups is 1. The maximum absolute atomic E-state index is 12.7. The molecule has 0 aromatic heterocycles. The highest BCUT2D eigenvalue weighted by Gasteiger charge is 2.22. The van der Waals surface area contributed by atoms with E-state index in [1.54, 1.807) is 0 Å². The van der Waals surface area contributed by atoms with Gasteiger partial charge in [0, 0.05) is 30.3 Å². The Morgan fingerprint density at radius 3 is 2.26 bits per heavy atom. The summed E-state index contributed by atoms with van der Waals surface area (Å²) < 4.78 is 0. The van der Waals surface area contributed by atoms with Crippen LogP contribution in [0, 0.1) is 5.41 Å². The highest BCUT2D eigenvalue weighted by Crippen LogP contribution is 2.29. The van der Waals surface area contributed by atoms with Crippen molar-refractivity contribution in [3.63, 3.8) is 0 Å². The molecular formula is C25H33N3O2S. The van der Waals surface area contributed by atoms with Crippen molar-refractivity contribution >= 4 is 29.4 Å². The van der Waals surface area contributed by atoms with Crippen LogP contribution in [0.3, 0.4) is 0 Å². The van der Waals surface area contributed by atoms with Crippen LogP contribution in [-0.2, 0) is 11.2 Å². The van der Waals surface area contributed by atoms with Gasteiger partial charge in [-0.25, -0.2) is 4.79 Å². The maximum atomic E-state index is 12.7. The van der Waals surface area contributed by atoms with E-state index < -0.39 is 0 Å². The summed E-state index contributed by atoms with van der Waals surface area (Å²) in [5.74, 6) is 2.21. The Balaban J connectivity index is 1.57. The van der Waals surface area contributed by atoms with Crippen molar-refractivity contribution in [2.75, 3.05) is 29.9 Å². The van der Waals surface area contributed by atoms with Crippen molar-refractivity contribution in [1.29, 1.82) is 0 Å². The standard InChI is InChI=1S/C25H33N3O2S/c1-25(2,3)18-22(20-7-5-4-6-8-20)27-24(30)26-21-11-9-19(10-12-21)17-23(29)28-13-15-31-16-14-28/h4-12,22H,13-18H2,1-3H3,(H2,26,27,30). The molecule has 2 N–H and O–H groups in total. The molecule has 166 valence electrons. The van der Waals surface area contributed by atoms with E-state index in [0.29, 0.717) is 12.1 Å². The Labute approximate surface area is 190 Å². The van der Waals surface area contributed by atoms with Gasteiger partial charge in [-0.05, 0) is 35.1 Å². The summed E-state index contributed by atoms with van der Waals surface area (Å²) in [4.78, 5) is 27.0. The van der Waals surface area contributed by atoms with Gasteiger partial charge in [-0.3, -0.25) is 4.79 Å². The fraction of sp³-hybridized carbons (Fsp3) is 0.440. The third kappa shape index (κ3) is 7.62. The van der Waals surface area contributed by atoms with Crippen LogP contribution >= 0.6 is 11.8 Å². The van der Waals surface area contributed by atoms with Crippen molar-refractivity contribution in [3.8, 4) is 0 Å². The first-order chi connectivity index (χ1) is 14.8. The van der Waals surface area contributed by atoms with Gasteiger partial charge in [0.15, 0.2) is 0 Å². The van der Waals surface area contributed by atoms with Crippen molar-refractivity contribution in [2.45, 2.75) is 39.7 Å². The predicted molar refractivity (Wildman–Crippen MR) is 129 cm³/mol. The van der Waals surface area contributed by atoms with E-state index >= 15 is 0 Å². The molecular weight excluding hydrogens is 406 g/mol. The Bertz CT molecular complexity index is 857. The molecule has 1 fully saturated rings. The van der Waals surface area contributed by atoms with E-state index in [9.17, 15) is 9.59 Å². The van der Waals surface area contributed by atoms with Crippen LogP contribution in [0.25, 0.3) is 0 Å². The molecule has 0 aliphatic carbocycles. The van der Waals surface area contributed by atoms with Crippen molar-refractivity contribution in [2.24, 2.45) is 5.41 Å². The predicted octanol–water partition coefficient (Wildman–Crippen LogP) is 5.10. The van der Waals surface area contributed by atoms with Gasteiger partial charge < -0.3 is 15.5 Å². The average molecular weight is 440 g/mol. The average Bonchev–Trinajstić information content (AvgIpc) is 2.75. The molecule has 2 aromatic rings. The highest BCUT2D eigenvalue weighted by atomic mass is 32.2. The molecule has 0 bridgehead atoms. The van der Waals surface area contributed by atoms with Crippen LogP contribution in [0.4, 0.5) is 10.5 Å². The molecule has 3 rings (SSSR count). The molecule has 6 heteroatoms. The fourth-order valence-corrected chi connectivity index (χ4v) is 4.58. The summed E-state index contributed by atoms with van der Waals surface area (Å²) in [6, 6.07) is 17.3. The van der Waals surface area contributed by atoms with Crippen LogP contribution in [0.15, 0.2) is 54.6 Å². The summed E-state index contributed by atoms with van der Waals surface area (Å²) in [5, 5.41) is 6.04. The molecule has 3 amide bonds. The minimum Gasteiger partial charge on any atom is -0.341 e. The first-order valence-corrected chi connectivity index (χ1v) is 12.0. The van der Waals surface area contributed by atoms with Crippen LogP contribution in [0.2, 0.25) is 0 Å². The summed E-state index contributed by atoms with van der Waals surface area (Å²) in [5.41, 5.74) is 2.85. The Hall–Kier alpha value is -2.47. The molecule has 1 unspecified atom stereocenters. The molecule has 1 aliphatic rings. The van der Waals surface area contributed by atoms with E-state index in [1.807, 2.05) is 71.3 Å². The van der Waals surface area contributed by atoms with Gasteiger partial charge in [-0.15, -0.1) is 0 Å². The van der Waals surface area contributed by atoms with Gasteiger partial charge in [0.1, 0.15) is 0 Å². The lowest BCUT2D eigenvalue weighted by Gasteiger charge is -2.27. The summed E-state index contributed by atoms with van der Waals surface area (Å²) in [6.45, 7) is 8.18. The van der Waals surface area contributed by atoms with Crippen LogP contribution < -0.4 is 10.6 Å². The number of urea groups is 1. The Kier molecular flexibility index (Phi) is 8.02. The molecule has 0 spiro atoms. The van der Waals surface area contributed by atoms with Gasteiger partial charge in [-0.2, -0.15) is 11.8 Å². The highest BCUT2D eigenvalue weighted by molar-refractivity contribution is 7.99. The number of carbonyl (C=O) groups excluding carboxylic acids is 2. The number of anilines is 1. The lowest BCUT2D eigenvalue weighted by Crippen LogP contribution is -2.38. The Morgan fingerprint density at radius 2 is 1.65 bits per heavy atom. The monoisotopic (exact) mass is 439 g/mol. The first-order valence-electron chi connectivity index (χ1n) is 10.9. The molecule has 1 aliphatic heterocycles. The minimum atomic E-state index is -0.229. The molecule has 1 atom stereocenters. The molecule has 0 radical (unpaired) electrons. The zero-order valence-electron chi connectivity index (χ0n) is 18.7. The topological polar surface area (TPSA) is 61.4 Å². The first kappa shape index (κ1) is 23.2. The number of carbonyl (C=O) groups is 2. The van der Waals surface area contributed by atoms with Crippen LogP contribution in [0.1, 0.15) is 44.4 Å². The normalized spacial score (nSPS) is 15.3. The smallest absolute Gasteiger partial charge is 0.319 e. The quantitative estimate of drug-likeness (QED) is 0.658.